The summed E-state index contributed by atoms with van der Waals surface area (Å²) in [6, 6.07) is 5.26. The monoisotopic (exact) mass is 194 g/mol. The van der Waals surface area contributed by atoms with Crippen LogP contribution in [-0.4, -0.2) is 6.10 Å². The fourth-order valence-electron chi connectivity index (χ4n) is 0.967. The van der Waals surface area contributed by atoms with E-state index in [4.69, 9.17) is 22.8 Å². The van der Waals surface area contributed by atoms with Crippen LogP contribution in [0.5, 0.6) is 5.75 Å². The summed E-state index contributed by atoms with van der Waals surface area (Å²) >= 11 is 5.81. The van der Waals surface area contributed by atoms with Crippen molar-refractivity contribution in [2.45, 2.75) is 20.0 Å². The van der Waals surface area contributed by atoms with Gasteiger partial charge >= 0.3 is 0 Å². The van der Waals surface area contributed by atoms with E-state index >= 15 is 0 Å². The molecule has 0 spiro atoms. The summed E-state index contributed by atoms with van der Waals surface area (Å²) in [6.45, 7) is 3.89. The van der Waals surface area contributed by atoms with E-state index in [1.165, 1.54) is 0 Å². The number of hydrogen-bond acceptors (Lipinski definition) is 1. The predicted octanol–water partition coefficient (Wildman–Crippen LogP) is 3.11. The van der Waals surface area contributed by atoms with E-state index in [0.29, 0.717) is 10.8 Å². The number of rotatable bonds is 2. The lowest BCUT2D eigenvalue weighted by Gasteiger charge is -2.11. The SMILES string of the molecule is C#Cc1ccc(Cl)cc1OC(C)C. The van der Waals surface area contributed by atoms with Crippen molar-refractivity contribution >= 4 is 11.6 Å². The van der Waals surface area contributed by atoms with E-state index in [1.807, 2.05) is 13.8 Å². The average Bonchev–Trinajstić information content (AvgIpc) is 2.03. The van der Waals surface area contributed by atoms with Gasteiger partial charge in [-0.15, -0.1) is 6.42 Å². The Morgan fingerprint density at radius 1 is 1.46 bits per heavy atom. The topological polar surface area (TPSA) is 9.23 Å². The summed E-state index contributed by atoms with van der Waals surface area (Å²) in [6.07, 6.45) is 5.41. The zero-order chi connectivity index (χ0) is 9.84. The van der Waals surface area contributed by atoms with Gasteiger partial charge in [0, 0.05) is 11.1 Å². The molecule has 0 heterocycles. The fourth-order valence-corrected chi connectivity index (χ4v) is 1.13. The first-order chi connectivity index (χ1) is 6.13. The van der Waals surface area contributed by atoms with Crippen LogP contribution in [0.3, 0.4) is 0 Å². The van der Waals surface area contributed by atoms with Crippen LogP contribution in [0.4, 0.5) is 0 Å². The predicted molar refractivity (Wildman–Crippen MR) is 55.2 cm³/mol. The van der Waals surface area contributed by atoms with Crippen LogP contribution < -0.4 is 4.74 Å². The third kappa shape index (κ3) is 2.68. The van der Waals surface area contributed by atoms with E-state index in [1.54, 1.807) is 18.2 Å². The molecular formula is C11H11ClO. The highest BCUT2D eigenvalue weighted by atomic mass is 35.5. The average molecular weight is 195 g/mol. The molecule has 1 nitrogen and oxygen atoms in total. The number of terminal acetylenes is 1. The minimum Gasteiger partial charge on any atom is -0.490 e. The first kappa shape index (κ1) is 9.95. The Morgan fingerprint density at radius 3 is 2.69 bits per heavy atom. The van der Waals surface area contributed by atoms with Crippen LogP contribution in [0.2, 0.25) is 5.02 Å². The molecule has 0 radical (unpaired) electrons. The third-order valence-electron chi connectivity index (χ3n) is 1.46. The second kappa shape index (κ2) is 4.20. The van der Waals surface area contributed by atoms with Crippen LogP contribution >= 0.6 is 11.6 Å². The quantitative estimate of drug-likeness (QED) is 0.658. The van der Waals surface area contributed by atoms with Gasteiger partial charge in [0.25, 0.3) is 0 Å². The lowest BCUT2D eigenvalue weighted by atomic mass is 10.2. The molecule has 0 aromatic heterocycles. The number of hydrogen-bond donors (Lipinski definition) is 0. The van der Waals surface area contributed by atoms with Crippen molar-refractivity contribution in [2.24, 2.45) is 0 Å². The van der Waals surface area contributed by atoms with Gasteiger partial charge < -0.3 is 4.74 Å². The molecule has 0 aliphatic rings. The molecule has 0 aliphatic carbocycles. The van der Waals surface area contributed by atoms with E-state index < -0.39 is 0 Å². The standard InChI is InChI=1S/C11H11ClO/c1-4-9-5-6-10(12)7-11(9)13-8(2)3/h1,5-8H,2-3H3. The van der Waals surface area contributed by atoms with Crippen LogP contribution in [0, 0.1) is 12.3 Å². The van der Waals surface area contributed by atoms with Gasteiger partial charge in [0.05, 0.1) is 11.7 Å². The van der Waals surface area contributed by atoms with Crippen molar-refractivity contribution in [2.75, 3.05) is 0 Å². The molecule has 0 unspecified atom stereocenters. The first-order valence-electron chi connectivity index (χ1n) is 4.06. The van der Waals surface area contributed by atoms with Gasteiger partial charge in [-0.25, -0.2) is 0 Å². The normalized spacial score (nSPS) is 9.77. The summed E-state index contributed by atoms with van der Waals surface area (Å²) < 4.78 is 5.49. The minimum atomic E-state index is 0.102. The molecule has 68 valence electrons. The molecule has 1 aromatic rings. The van der Waals surface area contributed by atoms with Crippen molar-refractivity contribution in [3.8, 4) is 18.1 Å². The third-order valence-corrected chi connectivity index (χ3v) is 1.70. The van der Waals surface area contributed by atoms with Crippen molar-refractivity contribution in [3.63, 3.8) is 0 Å². The Morgan fingerprint density at radius 2 is 2.15 bits per heavy atom. The van der Waals surface area contributed by atoms with Crippen molar-refractivity contribution < 1.29 is 4.74 Å². The Bertz CT molecular complexity index is 336. The van der Waals surface area contributed by atoms with Crippen LogP contribution in [0.1, 0.15) is 19.4 Å². The molecule has 0 atom stereocenters. The highest BCUT2D eigenvalue weighted by Gasteiger charge is 2.03. The minimum absolute atomic E-state index is 0.102. The highest BCUT2D eigenvalue weighted by molar-refractivity contribution is 6.30. The molecule has 1 aromatic carbocycles. The Balaban J connectivity index is 3.03. The molecule has 0 N–H and O–H groups in total. The molecule has 0 aliphatic heterocycles. The first-order valence-corrected chi connectivity index (χ1v) is 4.44. The zero-order valence-corrected chi connectivity index (χ0v) is 8.43. The maximum absolute atomic E-state index is 5.81. The highest BCUT2D eigenvalue weighted by Crippen LogP contribution is 2.23. The van der Waals surface area contributed by atoms with E-state index in [0.717, 1.165) is 5.56 Å². The summed E-state index contributed by atoms with van der Waals surface area (Å²) in [5.74, 6) is 3.22. The lowest BCUT2D eigenvalue weighted by Crippen LogP contribution is -2.06. The summed E-state index contributed by atoms with van der Waals surface area (Å²) in [4.78, 5) is 0. The van der Waals surface area contributed by atoms with Gasteiger partial charge in [-0.1, -0.05) is 17.5 Å². The Kier molecular flexibility index (Phi) is 3.22. The van der Waals surface area contributed by atoms with Gasteiger partial charge in [-0.2, -0.15) is 0 Å². The van der Waals surface area contributed by atoms with Crippen molar-refractivity contribution in [3.05, 3.63) is 28.8 Å². The smallest absolute Gasteiger partial charge is 0.136 e. The van der Waals surface area contributed by atoms with Crippen molar-refractivity contribution in [1.29, 1.82) is 0 Å². The number of benzene rings is 1. The largest absolute Gasteiger partial charge is 0.490 e. The number of halogens is 1. The zero-order valence-electron chi connectivity index (χ0n) is 7.67. The molecule has 0 amide bonds. The fraction of sp³-hybridized carbons (Fsp3) is 0.273. The summed E-state index contributed by atoms with van der Waals surface area (Å²) in [5, 5.41) is 0.634. The second-order valence-corrected chi connectivity index (χ2v) is 3.39. The van der Waals surface area contributed by atoms with Crippen molar-refractivity contribution in [1.82, 2.24) is 0 Å². The molecular weight excluding hydrogens is 184 g/mol. The van der Waals surface area contributed by atoms with E-state index in [-0.39, 0.29) is 6.10 Å². The molecule has 13 heavy (non-hydrogen) atoms. The molecule has 0 saturated heterocycles. The van der Waals surface area contributed by atoms with Crippen LogP contribution in [0.25, 0.3) is 0 Å². The van der Waals surface area contributed by atoms with Crippen LogP contribution in [0.15, 0.2) is 18.2 Å². The molecule has 1 rings (SSSR count). The van der Waals surface area contributed by atoms with Crippen LogP contribution in [-0.2, 0) is 0 Å². The molecule has 0 bridgehead atoms. The maximum atomic E-state index is 5.81. The summed E-state index contributed by atoms with van der Waals surface area (Å²) in [5.41, 5.74) is 0.734. The molecule has 2 heteroatoms. The van der Waals surface area contributed by atoms with E-state index in [2.05, 4.69) is 5.92 Å². The molecule has 0 saturated carbocycles. The van der Waals surface area contributed by atoms with Gasteiger partial charge in [0.1, 0.15) is 5.75 Å². The Hall–Kier alpha value is -1.13. The van der Waals surface area contributed by atoms with E-state index in [9.17, 15) is 0 Å². The van der Waals surface area contributed by atoms with Gasteiger partial charge in [0.15, 0.2) is 0 Å². The summed E-state index contributed by atoms with van der Waals surface area (Å²) in [7, 11) is 0. The maximum Gasteiger partial charge on any atom is 0.136 e. The lowest BCUT2D eigenvalue weighted by molar-refractivity contribution is 0.242. The second-order valence-electron chi connectivity index (χ2n) is 2.95. The number of ether oxygens (including phenoxy) is 1. The van der Waals surface area contributed by atoms with Gasteiger partial charge in [-0.05, 0) is 26.0 Å². The molecule has 0 fully saturated rings. The Labute approximate surface area is 83.7 Å². The van der Waals surface area contributed by atoms with Gasteiger partial charge in [-0.3, -0.25) is 0 Å². The van der Waals surface area contributed by atoms with Gasteiger partial charge in [0.2, 0.25) is 0 Å².